The highest BCUT2D eigenvalue weighted by Crippen LogP contribution is 2.17. The Morgan fingerprint density at radius 1 is 1.08 bits per heavy atom. The van der Waals surface area contributed by atoms with Gasteiger partial charge in [-0.15, -0.1) is 0 Å². The molecule has 24 heavy (non-hydrogen) atoms. The Labute approximate surface area is 142 Å². The van der Waals surface area contributed by atoms with Crippen molar-refractivity contribution in [2.24, 2.45) is 0 Å². The van der Waals surface area contributed by atoms with Crippen LogP contribution in [0.2, 0.25) is 0 Å². The molecule has 0 radical (unpaired) electrons. The van der Waals surface area contributed by atoms with Crippen molar-refractivity contribution in [1.29, 1.82) is 5.26 Å². The molecule has 124 valence electrons. The van der Waals surface area contributed by atoms with Crippen LogP contribution in [0.4, 0.5) is 5.69 Å². The number of nitriles is 1. The third kappa shape index (κ3) is 4.50. The average molecular weight is 323 g/mol. The topological polar surface area (TPSA) is 56.6 Å². The SMILES string of the molecule is CN(Cc1ccc(N(C)C)cc1)C(=O)COc1ccccc1C#N. The van der Waals surface area contributed by atoms with E-state index < -0.39 is 0 Å². The van der Waals surface area contributed by atoms with Gasteiger partial charge < -0.3 is 14.5 Å². The number of para-hydroxylation sites is 1. The molecule has 1 amide bonds. The van der Waals surface area contributed by atoms with E-state index in [9.17, 15) is 4.79 Å². The second-order valence-electron chi connectivity index (χ2n) is 5.71. The van der Waals surface area contributed by atoms with Crippen LogP contribution in [0.25, 0.3) is 0 Å². The third-order valence-electron chi connectivity index (χ3n) is 3.66. The lowest BCUT2D eigenvalue weighted by Crippen LogP contribution is -2.31. The Hall–Kier alpha value is -3.00. The van der Waals surface area contributed by atoms with Crippen LogP contribution in [-0.4, -0.2) is 38.6 Å². The van der Waals surface area contributed by atoms with Gasteiger partial charge >= 0.3 is 0 Å². The second kappa shape index (κ2) is 8.02. The molecule has 0 saturated carbocycles. The van der Waals surface area contributed by atoms with Gasteiger partial charge in [-0.2, -0.15) is 5.26 Å². The number of carbonyl (C=O) groups is 1. The van der Waals surface area contributed by atoms with Gasteiger partial charge in [0.2, 0.25) is 0 Å². The Morgan fingerprint density at radius 3 is 2.38 bits per heavy atom. The van der Waals surface area contributed by atoms with Crippen molar-refractivity contribution < 1.29 is 9.53 Å². The summed E-state index contributed by atoms with van der Waals surface area (Å²) in [5.74, 6) is 0.288. The van der Waals surface area contributed by atoms with Crippen molar-refractivity contribution in [2.45, 2.75) is 6.54 Å². The maximum Gasteiger partial charge on any atom is 0.260 e. The van der Waals surface area contributed by atoms with Gasteiger partial charge in [-0.1, -0.05) is 24.3 Å². The zero-order valence-corrected chi connectivity index (χ0v) is 14.2. The number of hydrogen-bond acceptors (Lipinski definition) is 4. The van der Waals surface area contributed by atoms with Crippen LogP contribution in [0.1, 0.15) is 11.1 Å². The summed E-state index contributed by atoms with van der Waals surface area (Å²) < 4.78 is 5.48. The molecular formula is C19H21N3O2. The number of hydrogen-bond donors (Lipinski definition) is 0. The lowest BCUT2D eigenvalue weighted by atomic mass is 10.2. The Balaban J connectivity index is 1.91. The van der Waals surface area contributed by atoms with E-state index in [1.165, 1.54) is 0 Å². The van der Waals surface area contributed by atoms with Gasteiger partial charge in [0.25, 0.3) is 5.91 Å². The van der Waals surface area contributed by atoms with E-state index in [0.29, 0.717) is 17.9 Å². The predicted octanol–water partition coefficient (Wildman–Crippen LogP) is 2.66. The fourth-order valence-corrected chi connectivity index (χ4v) is 2.20. The van der Waals surface area contributed by atoms with Crippen LogP contribution in [0.3, 0.4) is 0 Å². The lowest BCUT2D eigenvalue weighted by molar-refractivity contribution is -0.132. The van der Waals surface area contributed by atoms with Crippen LogP contribution in [0, 0.1) is 11.3 Å². The fraction of sp³-hybridized carbons (Fsp3) is 0.263. The van der Waals surface area contributed by atoms with Gasteiger partial charge in [0, 0.05) is 33.4 Å². The summed E-state index contributed by atoms with van der Waals surface area (Å²) in [5, 5.41) is 9.02. The minimum Gasteiger partial charge on any atom is -0.482 e. The fourth-order valence-electron chi connectivity index (χ4n) is 2.20. The number of nitrogens with zero attached hydrogens (tertiary/aromatic N) is 3. The first kappa shape index (κ1) is 17.4. The summed E-state index contributed by atoms with van der Waals surface area (Å²) in [5.41, 5.74) is 2.59. The highest BCUT2D eigenvalue weighted by molar-refractivity contribution is 5.77. The smallest absolute Gasteiger partial charge is 0.260 e. The second-order valence-corrected chi connectivity index (χ2v) is 5.71. The molecular weight excluding hydrogens is 302 g/mol. The summed E-state index contributed by atoms with van der Waals surface area (Å²) in [7, 11) is 5.71. The number of rotatable bonds is 6. The van der Waals surface area contributed by atoms with E-state index in [0.717, 1.165) is 11.3 Å². The van der Waals surface area contributed by atoms with Crippen molar-refractivity contribution in [3.63, 3.8) is 0 Å². The molecule has 0 fully saturated rings. The van der Waals surface area contributed by atoms with Gasteiger partial charge in [0.1, 0.15) is 11.8 Å². The molecule has 0 N–H and O–H groups in total. The van der Waals surface area contributed by atoms with Gasteiger partial charge in [-0.05, 0) is 29.8 Å². The monoisotopic (exact) mass is 323 g/mol. The summed E-state index contributed by atoms with van der Waals surface area (Å²) in [6, 6.07) is 17.0. The summed E-state index contributed by atoms with van der Waals surface area (Å²) in [6.07, 6.45) is 0. The quantitative estimate of drug-likeness (QED) is 0.820. The number of benzene rings is 2. The van der Waals surface area contributed by atoms with Crippen molar-refractivity contribution in [3.8, 4) is 11.8 Å². The molecule has 2 rings (SSSR count). The molecule has 0 aliphatic carbocycles. The minimum atomic E-state index is -0.139. The Bertz CT molecular complexity index is 733. The predicted molar refractivity (Wildman–Crippen MR) is 93.9 cm³/mol. The molecule has 2 aromatic rings. The maximum absolute atomic E-state index is 12.2. The highest BCUT2D eigenvalue weighted by atomic mass is 16.5. The summed E-state index contributed by atoms with van der Waals surface area (Å²) in [4.78, 5) is 15.8. The van der Waals surface area contributed by atoms with Crippen molar-refractivity contribution in [2.75, 3.05) is 32.6 Å². The van der Waals surface area contributed by atoms with Gasteiger partial charge in [0.05, 0.1) is 5.56 Å². The molecule has 0 spiro atoms. The van der Waals surface area contributed by atoms with Crippen molar-refractivity contribution in [1.82, 2.24) is 4.90 Å². The van der Waals surface area contributed by atoms with Gasteiger partial charge in [0.15, 0.2) is 6.61 Å². The molecule has 0 aliphatic heterocycles. The average Bonchev–Trinajstić information content (AvgIpc) is 2.60. The molecule has 0 aliphatic rings. The third-order valence-corrected chi connectivity index (χ3v) is 3.66. The summed E-state index contributed by atoms with van der Waals surface area (Å²) >= 11 is 0. The number of likely N-dealkylation sites (N-methyl/N-ethyl adjacent to an activating group) is 1. The molecule has 0 unspecified atom stereocenters. The Kier molecular flexibility index (Phi) is 5.80. The number of carbonyl (C=O) groups excluding carboxylic acids is 1. The van der Waals surface area contributed by atoms with E-state index in [1.54, 1.807) is 36.2 Å². The van der Waals surface area contributed by atoms with Crippen molar-refractivity contribution in [3.05, 3.63) is 59.7 Å². The molecule has 0 aromatic heterocycles. The van der Waals surface area contributed by atoms with E-state index in [4.69, 9.17) is 10.00 Å². The number of ether oxygens (including phenoxy) is 1. The van der Waals surface area contributed by atoms with E-state index in [1.807, 2.05) is 49.3 Å². The standard InChI is InChI=1S/C19H21N3O2/c1-21(2)17-10-8-15(9-11-17)13-22(3)19(23)14-24-18-7-5-4-6-16(18)12-20/h4-11H,13-14H2,1-3H3. The normalized spacial score (nSPS) is 9.92. The zero-order chi connectivity index (χ0) is 17.5. The lowest BCUT2D eigenvalue weighted by Gasteiger charge is -2.19. The van der Waals surface area contributed by atoms with Crippen molar-refractivity contribution >= 4 is 11.6 Å². The largest absolute Gasteiger partial charge is 0.482 e. The van der Waals surface area contributed by atoms with E-state index in [2.05, 4.69) is 0 Å². The van der Waals surface area contributed by atoms with E-state index >= 15 is 0 Å². The summed E-state index contributed by atoms with van der Waals surface area (Å²) in [6.45, 7) is 0.417. The van der Waals surface area contributed by atoms with Crippen LogP contribution in [0.5, 0.6) is 5.75 Å². The Morgan fingerprint density at radius 2 is 1.75 bits per heavy atom. The highest BCUT2D eigenvalue weighted by Gasteiger charge is 2.11. The molecule has 5 heteroatoms. The molecule has 0 atom stereocenters. The minimum absolute atomic E-state index is 0.0923. The first-order valence-electron chi connectivity index (χ1n) is 7.63. The van der Waals surface area contributed by atoms with Crippen LogP contribution in [-0.2, 0) is 11.3 Å². The number of amides is 1. The molecule has 2 aromatic carbocycles. The maximum atomic E-state index is 12.2. The van der Waals surface area contributed by atoms with Crippen LogP contribution in [0.15, 0.2) is 48.5 Å². The molecule has 0 heterocycles. The molecule has 0 saturated heterocycles. The van der Waals surface area contributed by atoms with E-state index in [-0.39, 0.29) is 12.5 Å². The zero-order valence-electron chi connectivity index (χ0n) is 14.2. The van der Waals surface area contributed by atoms with Gasteiger partial charge in [-0.3, -0.25) is 4.79 Å². The number of anilines is 1. The molecule has 0 bridgehead atoms. The first-order valence-corrected chi connectivity index (χ1v) is 7.63. The van der Waals surface area contributed by atoms with Crippen LogP contribution < -0.4 is 9.64 Å². The first-order chi connectivity index (χ1) is 11.5. The van der Waals surface area contributed by atoms with Gasteiger partial charge in [-0.25, -0.2) is 0 Å². The van der Waals surface area contributed by atoms with Crippen LogP contribution >= 0.6 is 0 Å². The molecule has 5 nitrogen and oxygen atoms in total.